The number of phenolic OH excluding ortho intramolecular Hbond substituents is 2. The summed E-state index contributed by atoms with van der Waals surface area (Å²) in [6, 6.07) is 17.9. The number of piperazine rings is 1. The van der Waals surface area contributed by atoms with Crippen LogP contribution in [0.15, 0.2) is 70.3 Å². The summed E-state index contributed by atoms with van der Waals surface area (Å²) in [4.78, 5) is 64.5. The number of H-pyrrole nitrogens is 1. The van der Waals surface area contributed by atoms with Crippen LogP contribution in [0.4, 0.5) is 4.79 Å². The van der Waals surface area contributed by atoms with Crippen molar-refractivity contribution in [3.63, 3.8) is 0 Å². The van der Waals surface area contributed by atoms with Gasteiger partial charge < -0.3 is 39.2 Å². The number of ether oxygens (including phenoxy) is 2. The Morgan fingerprint density at radius 3 is 2.35 bits per heavy atom. The third-order valence-electron chi connectivity index (χ3n) is 14.5. The maximum atomic E-state index is 13.7. The van der Waals surface area contributed by atoms with Crippen LogP contribution in [0.5, 0.6) is 17.2 Å². The van der Waals surface area contributed by atoms with Crippen LogP contribution in [0.3, 0.4) is 0 Å². The van der Waals surface area contributed by atoms with E-state index in [9.17, 15) is 34.5 Å². The largest absolute Gasteiger partial charge is 0.508 e. The molecule has 0 saturated carbocycles. The number of pyridine rings is 2. The number of piperidine rings is 1. The van der Waals surface area contributed by atoms with E-state index in [2.05, 4.69) is 20.0 Å². The second-order valence-electron chi connectivity index (χ2n) is 18.9. The molecule has 17 heteroatoms. The van der Waals surface area contributed by atoms with Crippen molar-refractivity contribution in [3.8, 4) is 45.7 Å². The molecule has 68 heavy (non-hydrogen) atoms. The average Bonchev–Trinajstić information content (AvgIpc) is 3.90. The van der Waals surface area contributed by atoms with Gasteiger partial charge >= 0.3 is 17.8 Å². The number of likely N-dealkylation sites (tertiary alicyclic amines) is 1. The minimum atomic E-state index is -1.90. The summed E-state index contributed by atoms with van der Waals surface area (Å²) in [6.45, 7) is 14.4. The Morgan fingerprint density at radius 1 is 0.912 bits per heavy atom. The number of nitrogens with one attached hydrogen (secondary N) is 1. The van der Waals surface area contributed by atoms with Crippen molar-refractivity contribution in [2.75, 3.05) is 45.8 Å². The zero-order chi connectivity index (χ0) is 47.6. The topological polar surface area (TPSA) is 209 Å². The molecule has 7 heterocycles. The van der Waals surface area contributed by atoms with E-state index in [-0.39, 0.29) is 59.0 Å². The molecule has 3 aromatic heterocycles. The highest BCUT2D eigenvalue weighted by Crippen LogP contribution is 2.41. The Hall–Kier alpha value is -6.82. The van der Waals surface area contributed by atoms with E-state index >= 15 is 0 Å². The van der Waals surface area contributed by atoms with Gasteiger partial charge in [-0.15, -0.1) is 0 Å². The van der Waals surface area contributed by atoms with Crippen molar-refractivity contribution in [1.29, 1.82) is 0 Å². The normalized spacial score (nSPS) is 18.7. The third kappa shape index (κ3) is 7.91. The minimum absolute atomic E-state index is 0.00134. The lowest BCUT2D eigenvalue weighted by molar-refractivity contribution is -0.172. The number of aromatic amines is 1. The van der Waals surface area contributed by atoms with Crippen LogP contribution < -0.4 is 16.0 Å². The maximum Gasteiger partial charge on any atom is 0.415 e. The molecule has 1 amide bonds. The van der Waals surface area contributed by atoms with E-state index in [1.807, 2.05) is 57.2 Å². The van der Waals surface area contributed by atoms with Gasteiger partial charge in [0, 0.05) is 74.9 Å². The number of carbonyl (C=O) groups excluding carboxylic acids is 2. The van der Waals surface area contributed by atoms with Gasteiger partial charge in [-0.1, -0.05) is 39.8 Å². The van der Waals surface area contributed by atoms with Gasteiger partial charge in [-0.2, -0.15) is 5.10 Å². The number of fused-ring (bicyclic) bond motifs is 5. The number of aromatic hydroxyl groups is 2. The van der Waals surface area contributed by atoms with Gasteiger partial charge in [0.05, 0.1) is 40.3 Å². The third-order valence-corrected chi connectivity index (χ3v) is 14.5. The Labute approximate surface area is 392 Å². The van der Waals surface area contributed by atoms with Crippen LogP contribution >= 0.6 is 0 Å². The number of carbonyl (C=O) groups is 2. The second-order valence-corrected chi connectivity index (χ2v) is 18.9. The average molecular weight is 925 g/mol. The monoisotopic (exact) mass is 924 g/mol. The number of aryl methyl sites for hydroxylation is 1. The molecule has 0 aliphatic carbocycles. The van der Waals surface area contributed by atoms with Crippen LogP contribution in [0.2, 0.25) is 0 Å². The van der Waals surface area contributed by atoms with Crippen molar-refractivity contribution in [2.45, 2.75) is 84.6 Å². The molecule has 3 aromatic carbocycles. The highest BCUT2D eigenvalue weighted by molar-refractivity contribution is 5.90. The number of amides is 1. The first-order valence-electron chi connectivity index (χ1n) is 23.6. The SMILES string of the molecule is CCc1c2c(nc3ccc(OC(=O)N4CCC(CN5CCN(Cc6ccc(-n7c(-c8cc(C(C)C)c(O)cc8O)n[nH]c7=O)cc6)CC5)CC4)cc13)-c1cc3c(c(=O)n1C2)COC(=O)C3(O)CC. The first-order chi connectivity index (χ1) is 32.7. The van der Waals surface area contributed by atoms with E-state index in [0.29, 0.717) is 71.4 Å². The summed E-state index contributed by atoms with van der Waals surface area (Å²) in [5.74, 6) is 0.230. The first kappa shape index (κ1) is 45.0. The molecule has 1 atom stereocenters. The predicted octanol–water partition coefficient (Wildman–Crippen LogP) is 5.75. The van der Waals surface area contributed by atoms with Crippen molar-refractivity contribution in [3.05, 3.63) is 115 Å². The fourth-order valence-corrected chi connectivity index (χ4v) is 10.5. The fourth-order valence-electron chi connectivity index (χ4n) is 10.5. The van der Waals surface area contributed by atoms with Gasteiger partial charge in [0.1, 0.15) is 23.9 Å². The van der Waals surface area contributed by atoms with Crippen LogP contribution in [-0.4, -0.2) is 112 Å². The number of phenols is 2. The Morgan fingerprint density at radius 2 is 1.65 bits per heavy atom. The highest BCUT2D eigenvalue weighted by atomic mass is 16.6. The molecule has 4 N–H and O–H groups in total. The molecule has 2 saturated heterocycles. The molecule has 0 bridgehead atoms. The van der Waals surface area contributed by atoms with Gasteiger partial charge in [0.15, 0.2) is 11.4 Å². The second kappa shape index (κ2) is 17.7. The maximum absolute atomic E-state index is 13.7. The molecule has 4 aliphatic heterocycles. The van der Waals surface area contributed by atoms with Crippen molar-refractivity contribution < 1.29 is 34.4 Å². The number of rotatable bonds is 10. The number of esters is 1. The predicted molar refractivity (Wildman–Crippen MR) is 253 cm³/mol. The van der Waals surface area contributed by atoms with Gasteiger partial charge in [-0.25, -0.2) is 29.0 Å². The zero-order valence-corrected chi connectivity index (χ0v) is 38.7. The number of hydrogen-bond acceptors (Lipinski definition) is 13. The van der Waals surface area contributed by atoms with Crippen LogP contribution in [0.1, 0.15) is 86.3 Å². The Bertz CT molecular complexity index is 3090. The van der Waals surface area contributed by atoms with Crippen LogP contribution in [0, 0.1) is 5.92 Å². The van der Waals surface area contributed by atoms with Crippen LogP contribution in [0.25, 0.3) is 39.4 Å². The molecular weight excluding hydrogens is 869 g/mol. The molecule has 2 fully saturated rings. The number of cyclic esters (lactones) is 1. The fraction of sp³-hybridized carbons (Fsp3) is 0.412. The summed E-state index contributed by atoms with van der Waals surface area (Å²) in [6.07, 6.45) is 2.12. The summed E-state index contributed by atoms with van der Waals surface area (Å²) in [7, 11) is 0. The first-order valence-corrected chi connectivity index (χ1v) is 23.6. The summed E-state index contributed by atoms with van der Waals surface area (Å²) in [5, 5.41) is 39.9. The molecule has 0 spiro atoms. The molecule has 354 valence electrons. The summed E-state index contributed by atoms with van der Waals surface area (Å²) in [5.41, 5.74) is 4.43. The van der Waals surface area contributed by atoms with Crippen LogP contribution in [-0.2, 0) is 41.2 Å². The number of aliphatic hydroxyl groups is 1. The molecule has 4 aliphatic rings. The highest BCUT2D eigenvalue weighted by Gasteiger charge is 2.45. The quantitative estimate of drug-likeness (QED) is 0.121. The molecule has 17 nitrogen and oxygen atoms in total. The van der Waals surface area contributed by atoms with E-state index < -0.39 is 17.3 Å². The molecule has 1 unspecified atom stereocenters. The zero-order valence-electron chi connectivity index (χ0n) is 38.7. The van der Waals surface area contributed by atoms with Gasteiger partial charge in [0.25, 0.3) is 5.56 Å². The summed E-state index contributed by atoms with van der Waals surface area (Å²) < 4.78 is 14.3. The van der Waals surface area contributed by atoms with Crippen molar-refractivity contribution in [2.24, 2.45) is 5.92 Å². The van der Waals surface area contributed by atoms with Gasteiger partial charge in [-0.05, 0) is 96.7 Å². The van der Waals surface area contributed by atoms with Gasteiger partial charge in [0.2, 0.25) is 0 Å². The van der Waals surface area contributed by atoms with E-state index in [0.717, 1.165) is 74.2 Å². The lowest BCUT2D eigenvalue weighted by atomic mass is 9.86. The summed E-state index contributed by atoms with van der Waals surface area (Å²) >= 11 is 0. The molecule has 10 rings (SSSR count). The van der Waals surface area contributed by atoms with E-state index in [4.69, 9.17) is 14.5 Å². The standard InChI is InChI=1S/C51H56N8O9/c1-5-34-36-21-33(11-12-41(36)52-45-38(34)27-58-42(45)23-40-39(47(58)62)28-67-48(63)51(40,66)6-2)68-50(65)57-15-13-31(14-16-57)26-56-19-17-55(18-20-56)25-30-7-9-32(10-8-30)59-46(53-54-49(59)64)37-22-35(29(3)4)43(60)24-44(37)61/h7-12,21-24,29,31,60-61,66H,5-6,13-20,25-28H2,1-4H3,(H,54,64). The number of hydrogen-bond donors (Lipinski definition) is 4. The molecule has 0 radical (unpaired) electrons. The van der Waals surface area contributed by atoms with Crippen molar-refractivity contribution in [1.82, 2.24) is 39.0 Å². The van der Waals surface area contributed by atoms with Crippen molar-refractivity contribution >= 4 is 23.0 Å². The van der Waals surface area contributed by atoms with Gasteiger partial charge in [-0.3, -0.25) is 9.69 Å². The molecule has 6 aromatic rings. The Kier molecular flexibility index (Phi) is 11.7. The number of nitrogens with zero attached hydrogens (tertiary/aromatic N) is 7. The lowest BCUT2D eigenvalue weighted by Crippen LogP contribution is -2.49. The number of benzene rings is 3. The lowest BCUT2D eigenvalue weighted by Gasteiger charge is -2.38. The minimum Gasteiger partial charge on any atom is -0.508 e. The van der Waals surface area contributed by atoms with E-state index in [1.165, 1.54) is 10.6 Å². The molecular formula is C51H56N8O9. The smallest absolute Gasteiger partial charge is 0.415 e. The Balaban J connectivity index is 0.723. The number of aromatic nitrogens is 5. The van der Waals surface area contributed by atoms with E-state index in [1.54, 1.807) is 34.6 Å².